The fraction of sp³-hybridized carbons (Fsp3) is 0.706. The number of rotatable bonds is 5. The summed E-state index contributed by atoms with van der Waals surface area (Å²) in [6.07, 6.45) is 2.57. The first-order valence-corrected chi connectivity index (χ1v) is 8.10. The van der Waals surface area contributed by atoms with E-state index in [4.69, 9.17) is 10.7 Å². The zero-order valence-corrected chi connectivity index (χ0v) is 14.0. The molecule has 0 bridgehead atoms. The Labute approximate surface area is 129 Å². The smallest absolute Gasteiger partial charge is 0.128 e. The van der Waals surface area contributed by atoms with Gasteiger partial charge in [-0.15, -0.1) is 0 Å². The van der Waals surface area contributed by atoms with Crippen molar-refractivity contribution in [2.75, 3.05) is 38.6 Å². The Morgan fingerprint density at radius 1 is 1.33 bits per heavy atom. The molecule has 2 heterocycles. The molecule has 0 aromatic carbocycles. The van der Waals surface area contributed by atoms with Gasteiger partial charge in [-0.2, -0.15) is 0 Å². The van der Waals surface area contributed by atoms with Crippen LogP contribution < -0.4 is 10.6 Å². The highest BCUT2D eigenvalue weighted by atomic mass is 15.2. The molecule has 0 unspecified atom stereocenters. The quantitative estimate of drug-likeness (QED) is 0.905. The number of piperidine rings is 1. The third-order valence-electron chi connectivity index (χ3n) is 4.48. The third-order valence-corrected chi connectivity index (χ3v) is 4.48. The van der Waals surface area contributed by atoms with Gasteiger partial charge in [-0.05, 0) is 62.5 Å². The average molecular weight is 290 g/mol. The number of hydrogen-bond donors (Lipinski definition) is 1. The molecule has 0 aliphatic carbocycles. The Bertz CT molecular complexity index is 450. The van der Waals surface area contributed by atoms with Gasteiger partial charge in [0.15, 0.2) is 0 Å². The number of pyridine rings is 1. The van der Waals surface area contributed by atoms with Crippen molar-refractivity contribution in [2.45, 2.75) is 39.2 Å². The van der Waals surface area contributed by atoms with E-state index in [2.05, 4.69) is 49.9 Å². The lowest BCUT2D eigenvalue weighted by Gasteiger charge is -2.32. The minimum atomic E-state index is 0.437. The van der Waals surface area contributed by atoms with Crippen LogP contribution in [0.4, 0.5) is 5.82 Å². The monoisotopic (exact) mass is 290 g/mol. The maximum absolute atomic E-state index is 5.84. The minimum Gasteiger partial charge on any atom is -0.359 e. The summed E-state index contributed by atoms with van der Waals surface area (Å²) in [5.74, 6) is 2.28. The van der Waals surface area contributed by atoms with Crippen LogP contribution in [0.3, 0.4) is 0 Å². The third kappa shape index (κ3) is 4.42. The van der Waals surface area contributed by atoms with Crippen molar-refractivity contribution < 1.29 is 0 Å². The van der Waals surface area contributed by atoms with Crippen LogP contribution in [0.5, 0.6) is 0 Å². The molecule has 4 heteroatoms. The van der Waals surface area contributed by atoms with Crippen LogP contribution in [-0.2, 0) is 6.54 Å². The van der Waals surface area contributed by atoms with Gasteiger partial charge >= 0.3 is 0 Å². The van der Waals surface area contributed by atoms with Crippen molar-refractivity contribution in [3.63, 3.8) is 0 Å². The van der Waals surface area contributed by atoms with E-state index >= 15 is 0 Å². The molecule has 0 spiro atoms. The molecule has 118 valence electrons. The Balaban J connectivity index is 2.07. The highest BCUT2D eigenvalue weighted by Crippen LogP contribution is 2.22. The zero-order chi connectivity index (χ0) is 15.4. The Kier molecular flexibility index (Phi) is 5.59. The van der Waals surface area contributed by atoms with Gasteiger partial charge in [-0.3, -0.25) is 0 Å². The molecule has 1 aromatic heterocycles. The number of nitrogens with two attached hydrogens (primary N) is 1. The highest BCUT2D eigenvalue weighted by molar-refractivity contribution is 5.42. The van der Waals surface area contributed by atoms with E-state index in [1.165, 1.54) is 31.5 Å². The van der Waals surface area contributed by atoms with Gasteiger partial charge in [0.05, 0.1) is 0 Å². The normalized spacial score (nSPS) is 17.4. The maximum atomic E-state index is 5.84. The van der Waals surface area contributed by atoms with E-state index in [9.17, 15) is 0 Å². The molecule has 1 saturated heterocycles. The van der Waals surface area contributed by atoms with Gasteiger partial charge in [-0.1, -0.05) is 13.8 Å². The van der Waals surface area contributed by atoms with E-state index in [0.29, 0.717) is 12.5 Å². The average Bonchev–Trinajstić information content (AvgIpc) is 2.49. The topological polar surface area (TPSA) is 45.4 Å². The molecule has 1 aromatic rings. The van der Waals surface area contributed by atoms with E-state index < -0.39 is 0 Å². The summed E-state index contributed by atoms with van der Waals surface area (Å²) in [5, 5.41) is 0. The first kappa shape index (κ1) is 16.2. The lowest BCUT2D eigenvalue weighted by Crippen LogP contribution is -2.36. The summed E-state index contributed by atoms with van der Waals surface area (Å²) in [6, 6.07) is 4.28. The molecule has 0 radical (unpaired) electrons. The van der Waals surface area contributed by atoms with Crippen LogP contribution in [-0.4, -0.2) is 43.6 Å². The van der Waals surface area contributed by atoms with Gasteiger partial charge in [0.25, 0.3) is 0 Å². The van der Waals surface area contributed by atoms with E-state index in [-0.39, 0.29) is 0 Å². The van der Waals surface area contributed by atoms with Gasteiger partial charge in [0, 0.05) is 25.8 Å². The second-order valence-electron chi connectivity index (χ2n) is 6.74. The fourth-order valence-electron chi connectivity index (χ4n) is 2.93. The van der Waals surface area contributed by atoms with Crippen LogP contribution in [0.25, 0.3) is 0 Å². The number of aromatic nitrogens is 1. The van der Waals surface area contributed by atoms with Crippen LogP contribution in [0, 0.1) is 5.92 Å². The van der Waals surface area contributed by atoms with E-state index in [1.54, 1.807) is 0 Å². The Morgan fingerprint density at radius 2 is 2.00 bits per heavy atom. The molecule has 2 rings (SSSR count). The van der Waals surface area contributed by atoms with E-state index in [0.717, 1.165) is 24.0 Å². The Hall–Kier alpha value is -1.13. The van der Waals surface area contributed by atoms with Crippen molar-refractivity contribution in [3.8, 4) is 0 Å². The van der Waals surface area contributed by atoms with Crippen LogP contribution in [0.1, 0.15) is 43.9 Å². The van der Waals surface area contributed by atoms with Crippen LogP contribution in [0.2, 0.25) is 0 Å². The standard InChI is InChI=1S/C17H30N4/c1-13(2)16-9-15(11-18)10-17(19-16)21(4)12-14-5-7-20(3)8-6-14/h9-10,13-14H,5-8,11-12,18H2,1-4H3. The largest absolute Gasteiger partial charge is 0.359 e. The molecule has 0 atom stereocenters. The molecule has 21 heavy (non-hydrogen) atoms. The number of likely N-dealkylation sites (tertiary alicyclic amines) is 1. The van der Waals surface area contributed by atoms with Gasteiger partial charge in [0.1, 0.15) is 5.82 Å². The number of hydrogen-bond acceptors (Lipinski definition) is 4. The van der Waals surface area contributed by atoms with Crippen molar-refractivity contribution >= 4 is 5.82 Å². The number of nitrogens with zero attached hydrogens (tertiary/aromatic N) is 3. The summed E-state index contributed by atoms with van der Waals surface area (Å²) < 4.78 is 0. The molecule has 1 fully saturated rings. The fourth-order valence-corrected chi connectivity index (χ4v) is 2.93. The lowest BCUT2D eigenvalue weighted by molar-refractivity contribution is 0.222. The van der Waals surface area contributed by atoms with Crippen molar-refractivity contribution in [2.24, 2.45) is 11.7 Å². The van der Waals surface area contributed by atoms with Crippen LogP contribution in [0.15, 0.2) is 12.1 Å². The van der Waals surface area contributed by atoms with Crippen molar-refractivity contribution in [3.05, 3.63) is 23.4 Å². The predicted molar refractivity (Wildman–Crippen MR) is 89.7 cm³/mol. The molecule has 2 N–H and O–H groups in total. The molecule has 1 aliphatic rings. The zero-order valence-electron chi connectivity index (χ0n) is 14.0. The first-order valence-electron chi connectivity index (χ1n) is 8.10. The predicted octanol–water partition coefficient (Wildman–Crippen LogP) is 2.44. The highest BCUT2D eigenvalue weighted by Gasteiger charge is 2.19. The second-order valence-corrected chi connectivity index (χ2v) is 6.74. The summed E-state index contributed by atoms with van der Waals surface area (Å²) in [5.41, 5.74) is 8.16. The summed E-state index contributed by atoms with van der Waals surface area (Å²) >= 11 is 0. The van der Waals surface area contributed by atoms with Gasteiger partial charge < -0.3 is 15.5 Å². The van der Waals surface area contributed by atoms with Crippen LogP contribution >= 0.6 is 0 Å². The van der Waals surface area contributed by atoms with Gasteiger partial charge in [-0.25, -0.2) is 4.98 Å². The lowest BCUT2D eigenvalue weighted by atomic mass is 9.96. The summed E-state index contributed by atoms with van der Waals surface area (Å²) in [6.45, 7) is 8.47. The molecule has 0 amide bonds. The SMILES string of the molecule is CC(C)c1cc(CN)cc(N(C)CC2CCN(C)CC2)n1. The van der Waals surface area contributed by atoms with Gasteiger partial charge in [0.2, 0.25) is 0 Å². The van der Waals surface area contributed by atoms with Crippen molar-refractivity contribution in [1.29, 1.82) is 0 Å². The molecular weight excluding hydrogens is 260 g/mol. The Morgan fingerprint density at radius 3 is 2.57 bits per heavy atom. The molecule has 4 nitrogen and oxygen atoms in total. The number of anilines is 1. The van der Waals surface area contributed by atoms with E-state index in [1.807, 2.05) is 0 Å². The first-order chi connectivity index (χ1) is 9.99. The molecule has 1 aliphatic heterocycles. The maximum Gasteiger partial charge on any atom is 0.128 e. The summed E-state index contributed by atoms with van der Waals surface area (Å²) in [4.78, 5) is 9.55. The summed E-state index contributed by atoms with van der Waals surface area (Å²) in [7, 11) is 4.37. The molecular formula is C17H30N4. The second kappa shape index (κ2) is 7.23. The van der Waals surface area contributed by atoms with Crippen molar-refractivity contribution in [1.82, 2.24) is 9.88 Å². The minimum absolute atomic E-state index is 0.437. The molecule has 0 saturated carbocycles.